The molecular weight excluding hydrogens is 118 g/mol. The lowest BCUT2D eigenvalue weighted by atomic mass is 10.6. The van der Waals surface area contributed by atoms with Gasteiger partial charge in [0.05, 0.1) is 0 Å². The van der Waals surface area contributed by atoms with Crippen molar-refractivity contribution >= 4 is 11.6 Å². The fourth-order valence-corrected chi connectivity index (χ4v) is 0.594. The van der Waals surface area contributed by atoms with Gasteiger partial charge in [0.15, 0.2) is 0 Å². The van der Waals surface area contributed by atoms with Crippen LogP contribution in [0.15, 0.2) is 6.07 Å². The van der Waals surface area contributed by atoms with Crippen molar-refractivity contribution in [3.8, 4) is 0 Å². The number of aromatic nitrogens is 2. The molecule has 0 aliphatic rings. The minimum atomic E-state index is 0.418. The summed E-state index contributed by atoms with van der Waals surface area (Å²) in [6.07, 6.45) is 0. The van der Waals surface area contributed by atoms with E-state index in [1.165, 1.54) is 4.79 Å². The van der Waals surface area contributed by atoms with E-state index in [2.05, 4.69) is 10.5 Å². The first-order valence-electron chi connectivity index (χ1n) is 2.53. The Morgan fingerprint density at radius 1 is 1.67 bits per heavy atom. The molecule has 0 aliphatic carbocycles. The Kier molecular flexibility index (Phi) is 1.18. The van der Waals surface area contributed by atoms with Gasteiger partial charge in [0.1, 0.15) is 11.6 Å². The van der Waals surface area contributed by atoms with Gasteiger partial charge in [0.25, 0.3) is 0 Å². The van der Waals surface area contributed by atoms with Gasteiger partial charge in [-0.2, -0.15) is 4.79 Å². The van der Waals surface area contributed by atoms with Gasteiger partial charge in [-0.15, -0.1) is 5.10 Å². The third-order valence-electron chi connectivity index (χ3n) is 0.968. The molecule has 1 heterocycles. The van der Waals surface area contributed by atoms with Crippen LogP contribution in [0.25, 0.3) is 0 Å². The number of nitrogens with one attached hydrogen (secondary N) is 1. The van der Waals surface area contributed by atoms with Gasteiger partial charge >= 0.3 is 0 Å². The maximum absolute atomic E-state index is 5.41. The van der Waals surface area contributed by atoms with Crippen molar-refractivity contribution in [1.82, 2.24) is 9.89 Å². The van der Waals surface area contributed by atoms with E-state index in [0.29, 0.717) is 11.6 Å². The van der Waals surface area contributed by atoms with Crippen LogP contribution in [-0.4, -0.2) is 16.9 Å². The molecule has 5 heteroatoms. The topological polar surface area (TPSA) is 81.9 Å². The molecule has 0 aliphatic heterocycles. The van der Waals surface area contributed by atoms with E-state index in [9.17, 15) is 0 Å². The van der Waals surface area contributed by atoms with Gasteiger partial charge in [0.2, 0.25) is 0 Å². The molecule has 1 rings (SSSR count). The third kappa shape index (κ3) is 0.883. The highest BCUT2D eigenvalue weighted by molar-refractivity contribution is 5.42. The van der Waals surface area contributed by atoms with Crippen LogP contribution in [0, 0.1) is 0 Å². The van der Waals surface area contributed by atoms with Crippen LogP contribution in [0.4, 0.5) is 11.6 Å². The molecule has 50 valence electrons. The number of nitrogens with two attached hydrogens (primary N) is 2. The van der Waals surface area contributed by atoms with Crippen LogP contribution < -0.4 is 16.9 Å². The SMILES string of the molecule is CNn1nc(N)cc1N. The standard InChI is InChI=1S/C4H9N5/c1-7-9-4(6)2-3(5)8-9/h2,7H,6H2,1H3,(H2,5,8). The van der Waals surface area contributed by atoms with Crippen LogP contribution in [0.2, 0.25) is 0 Å². The summed E-state index contributed by atoms with van der Waals surface area (Å²) < 4.78 is 0. The highest BCUT2D eigenvalue weighted by atomic mass is 15.6. The lowest BCUT2D eigenvalue weighted by Gasteiger charge is -1.98. The van der Waals surface area contributed by atoms with Crippen molar-refractivity contribution < 1.29 is 0 Å². The largest absolute Gasteiger partial charge is 0.382 e. The second-order valence-electron chi connectivity index (χ2n) is 1.63. The fourth-order valence-electron chi connectivity index (χ4n) is 0.594. The Balaban J connectivity index is 3.01. The molecule has 0 spiro atoms. The Bertz CT molecular complexity index is 203. The summed E-state index contributed by atoms with van der Waals surface area (Å²) in [5.41, 5.74) is 13.4. The molecule has 5 nitrogen and oxygen atoms in total. The Hall–Kier alpha value is -1.39. The Morgan fingerprint density at radius 2 is 2.33 bits per heavy atom. The van der Waals surface area contributed by atoms with Crippen molar-refractivity contribution in [2.24, 2.45) is 0 Å². The van der Waals surface area contributed by atoms with E-state index < -0.39 is 0 Å². The minimum Gasteiger partial charge on any atom is -0.382 e. The van der Waals surface area contributed by atoms with Crippen LogP contribution in [0.5, 0.6) is 0 Å². The fraction of sp³-hybridized carbons (Fsp3) is 0.250. The maximum atomic E-state index is 5.41. The quantitative estimate of drug-likeness (QED) is 0.462. The molecule has 0 radical (unpaired) electrons. The molecule has 9 heavy (non-hydrogen) atoms. The van der Waals surface area contributed by atoms with Gasteiger partial charge in [0, 0.05) is 13.1 Å². The monoisotopic (exact) mass is 127 g/mol. The zero-order valence-corrected chi connectivity index (χ0v) is 5.13. The van der Waals surface area contributed by atoms with E-state index >= 15 is 0 Å². The first-order valence-corrected chi connectivity index (χ1v) is 2.53. The van der Waals surface area contributed by atoms with Gasteiger partial charge in [-0.3, -0.25) is 0 Å². The van der Waals surface area contributed by atoms with Crippen molar-refractivity contribution in [2.75, 3.05) is 23.9 Å². The average molecular weight is 127 g/mol. The van der Waals surface area contributed by atoms with Crippen LogP contribution in [0.3, 0.4) is 0 Å². The number of anilines is 2. The van der Waals surface area contributed by atoms with Crippen molar-refractivity contribution in [2.45, 2.75) is 0 Å². The minimum absolute atomic E-state index is 0.418. The van der Waals surface area contributed by atoms with Gasteiger partial charge < -0.3 is 16.9 Å². The normalized spacial score (nSPS) is 9.44. The lowest BCUT2D eigenvalue weighted by Crippen LogP contribution is -2.13. The summed E-state index contributed by atoms with van der Waals surface area (Å²) in [5, 5.41) is 3.79. The van der Waals surface area contributed by atoms with Crippen molar-refractivity contribution in [3.63, 3.8) is 0 Å². The lowest BCUT2D eigenvalue weighted by molar-refractivity contribution is 0.797. The highest BCUT2D eigenvalue weighted by Crippen LogP contribution is 2.03. The molecule has 0 saturated carbocycles. The second kappa shape index (κ2) is 1.85. The van der Waals surface area contributed by atoms with Crippen LogP contribution >= 0.6 is 0 Å². The first kappa shape index (κ1) is 5.74. The zero-order chi connectivity index (χ0) is 6.85. The van der Waals surface area contributed by atoms with Gasteiger partial charge in [-0.1, -0.05) is 0 Å². The predicted octanol–water partition coefficient (Wildman–Crippen LogP) is -0.779. The molecular formula is C4H9N5. The molecule has 0 fully saturated rings. The first-order chi connectivity index (χ1) is 4.24. The van der Waals surface area contributed by atoms with E-state index in [1.807, 2.05) is 0 Å². The molecule has 0 atom stereocenters. The summed E-state index contributed by atoms with van der Waals surface area (Å²) >= 11 is 0. The molecule has 0 aromatic carbocycles. The average Bonchev–Trinajstić information content (AvgIpc) is 2.10. The molecule has 0 amide bonds. The van der Waals surface area contributed by atoms with E-state index in [-0.39, 0.29) is 0 Å². The second-order valence-corrected chi connectivity index (χ2v) is 1.63. The predicted molar refractivity (Wildman–Crippen MR) is 36.3 cm³/mol. The summed E-state index contributed by atoms with van der Waals surface area (Å²) in [7, 11) is 1.71. The van der Waals surface area contributed by atoms with Crippen molar-refractivity contribution in [3.05, 3.63) is 6.07 Å². The summed E-state index contributed by atoms with van der Waals surface area (Å²) in [6.45, 7) is 0. The summed E-state index contributed by atoms with van der Waals surface area (Å²) in [5.74, 6) is 0.928. The highest BCUT2D eigenvalue weighted by Gasteiger charge is 1.96. The molecule has 0 saturated heterocycles. The molecule has 5 N–H and O–H groups in total. The number of hydrogen-bond donors (Lipinski definition) is 3. The zero-order valence-electron chi connectivity index (χ0n) is 5.13. The number of rotatable bonds is 1. The van der Waals surface area contributed by atoms with Crippen molar-refractivity contribution in [1.29, 1.82) is 0 Å². The number of nitrogens with zero attached hydrogens (tertiary/aromatic N) is 2. The van der Waals surface area contributed by atoms with E-state index in [4.69, 9.17) is 11.5 Å². The summed E-state index contributed by atoms with van der Waals surface area (Å²) in [4.78, 5) is 1.40. The maximum Gasteiger partial charge on any atom is 0.149 e. The van der Waals surface area contributed by atoms with Crippen LogP contribution in [0.1, 0.15) is 0 Å². The van der Waals surface area contributed by atoms with E-state index in [1.54, 1.807) is 13.1 Å². The Morgan fingerprint density at radius 3 is 2.56 bits per heavy atom. The molecule has 0 bridgehead atoms. The smallest absolute Gasteiger partial charge is 0.149 e. The van der Waals surface area contributed by atoms with Gasteiger partial charge in [-0.05, 0) is 0 Å². The van der Waals surface area contributed by atoms with Crippen LogP contribution in [-0.2, 0) is 0 Å². The third-order valence-corrected chi connectivity index (χ3v) is 0.968. The van der Waals surface area contributed by atoms with Gasteiger partial charge in [-0.25, -0.2) is 0 Å². The Labute approximate surface area is 52.6 Å². The van der Waals surface area contributed by atoms with E-state index in [0.717, 1.165) is 0 Å². The number of hydrogen-bond acceptors (Lipinski definition) is 4. The summed E-state index contributed by atoms with van der Waals surface area (Å²) in [6, 6.07) is 1.58. The molecule has 0 unspecified atom stereocenters. The number of nitrogen functional groups attached to an aromatic ring is 2. The molecule has 1 aromatic heterocycles. The molecule has 1 aromatic rings.